The van der Waals surface area contributed by atoms with Gasteiger partial charge in [-0.15, -0.1) is 0 Å². The van der Waals surface area contributed by atoms with Crippen LogP contribution in [0.3, 0.4) is 0 Å². The maximum absolute atomic E-state index is 14.1. The standard InChI is InChI=1S/C32H38N4O7/c1-19(33-17-28(37)43-32(2,3)4)29(38)35-25-16-34-24-9-7-8-10-26(24)36(30(25)39)18-23-22-13-11-21(31(40)42-6)15-20(22)12-14-27(23)41-5/h7-15,19,25,33-34H,16-18H2,1-6H3,(H,35,38)/t19-,25-/m0/s1. The van der Waals surface area contributed by atoms with E-state index in [4.69, 9.17) is 14.2 Å². The van der Waals surface area contributed by atoms with Gasteiger partial charge in [-0.1, -0.05) is 24.3 Å². The van der Waals surface area contributed by atoms with Gasteiger partial charge in [-0.2, -0.15) is 0 Å². The van der Waals surface area contributed by atoms with E-state index in [9.17, 15) is 19.2 Å². The molecule has 2 atom stereocenters. The predicted molar refractivity (Wildman–Crippen MR) is 163 cm³/mol. The molecule has 3 aromatic rings. The Labute approximate surface area is 250 Å². The third-order valence-electron chi connectivity index (χ3n) is 6.98. The molecule has 0 radical (unpaired) electrons. The molecule has 0 aromatic heterocycles. The smallest absolute Gasteiger partial charge is 0.337 e. The van der Waals surface area contributed by atoms with Gasteiger partial charge >= 0.3 is 11.9 Å². The Morgan fingerprint density at radius 3 is 2.51 bits per heavy atom. The third kappa shape index (κ3) is 7.42. The van der Waals surface area contributed by atoms with E-state index in [1.54, 1.807) is 57.9 Å². The van der Waals surface area contributed by atoms with E-state index in [2.05, 4.69) is 16.0 Å². The van der Waals surface area contributed by atoms with Crippen LogP contribution in [0.4, 0.5) is 11.4 Å². The van der Waals surface area contributed by atoms with Crippen molar-refractivity contribution in [2.24, 2.45) is 0 Å². The molecule has 2 amide bonds. The summed E-state index contributed by atoms with van der Waals surface area (Å²) in [5.74, 6) is -1.12. The molecule has 1 aliphatic rings. The lowest BCUT2D eigenvalue weighted by Gasteiger charge is -2.27. The largest absolute Gasteiger partial charge is 0.496 e. The summed E-state index contributed by atoms with van der Waals surface area (Å²) in [4.78, 5) is 53.1. The summed E-state index contributed by atoms with van der Waals surface area (Å²) >= 11 is 0. The first-order valence-electron chi connectivity index (χ1n) is 14.0. The van der Waals surface area contributed by atoms with E-state index in [-0.39, 0.29) is 25.5 Å². The van der Waals surface area contributed by atoms with Gasteiger partial charge in [0.05, 0.1) is 50.3 Å². The molecule has 3 N–H and O–H groups in total. The molecule has 0 fully saturated rings. The van der Waals surface area contributed by atoms with Crippen molar-refractivity contribution in [3.05, 3.63) is 65.7 Å². The first kappa shape index (κ1) is 31.3. The number of nitrogens with zero attached hydrogens (tertiary/aromatic N) is 1. The first-order valence-corrected chi connectivity index (χ1v) is 14.0. The lowest BCUT2D eigenvalue weighted by Crippen LogP contribution is -2.55. The minimum absolute atomic E-state index is 0.133. The molecule has 1 heterocycles. The van der Waals surface area contributed by atoms with E-state index in [0.717, 1.165) is 22.0 Å². The van der Waals surface area contributed by atoms with Gasteiger partial charge in [0.15, 0.2) is 0 Å². The molecule has 4 rings (SSSR count). The average Bonchev–Trinajstić information content (AvgIpc) is 3.10. The van der Waals surface area contributed by atoms with E-state index in [1.165, 1.54) is 7.11 Å². The first-order chi connectivity index (χ1) is 20.4. The van der Waals surface area contributed by atoms with Crippen molar-refractivity contribution in [1.82, 2.24) is 10.6 Å². The van der Waals surface area contributed by atoms with E-state index in [1.807, 2.05) is 36.4 Å². The number of fused-ring (bicyclic) bond motifs is 2. The van der Waals surface area contributed by atoms with Gasteiger partial charge in [-0.05, 0) is 68.8 Å². The zero-order valence-corrected chi connectivity index (χ0v) is 25.3. The summed E-state index contributed by atoms with van der Waals surface area (Å²) < 4.78 is 15.9. The second-order valence-electron chi connectivity index (χ2n) is 11.2. The Bertz CT molecular complexity index is 1530. The number of carbonyl (C=O) groups excluding carboxylic acids is 4. The Morgan fingerprint density at radius 2 is 1.81 bits per heavy atom. The number of para-hydroxylation sites is 2. The molecule has 11 nitrogen and oxygen atoms in total. The molecule has 43 heavy (non-hydrogen) atoms. The summed E-state index contributed by atoms with van der Waals surface area (Å²) in [6, 6.07) is 14.6. The lowest BCUT2D eigenvalue weighted by molar-refractivity contribution is -0.153. The number of methoxy groups -OCH3 is 2. The molecule has 0 unspecified atom stereocenters. The molecular weight excluding hydrogens is 552 g/mol. The van der Waals surface area contributed by atoms with Crippen molar-refractivity contribution < 1.29 is 33.4 Å². The van der Waals surface area contributed by atoms with E-state index >= 15 is 0 Å². The maximum atomic E-state index is 14.1. The molecule has 3 aromatic carbocycles. The van der Waals surface area contributed by atoms with Gasteiger partial charge in [-0.25, -0.2) is 4.79 Å². The average molecular weight is 591 g/mol. The topological polar surface area (TPSA) is 135 Å². The van der Waals surface area contributed by atoms with Crippen LogP contribution in [0.1, 0.15) is 43.6 Å². The second kappa shape index (κ2) is 13.1. The summed E-state index contributed by atoms with van der Waals surface area (Å²) in [6.45, 7) is 7.05. The summed E-state index contributed by atoms with van der Waals surface area (Å²) in [7, 11) is 2.89. The molecule has 0 saturated carbocycles. The SMILES string of the molecule is COC(=O)c1ccc2c(CN3C(=O)[C@@H](NC(=O)[C@H](C)NCC(=O)OC(C)(C)C)CNc4ccccc43)c(OC)ccc2c1. The minimum atomic E-state index is -0.905. The van der Waals surface area contributed by atoms with Gasteiger partial charge in [0.25, 0.3) is 5.91 Å². The maximum Gasteiger partial charge on any atom is 0.337 e. The molecule has 228 valence electrons. The number of carbonyl (C=O) groups is 4. The normalized spacial score (nSPS) is 15.5. The van der Waals surface area contributed by atoms with Crippen LogP contribution in [0.2, 0.25) is 0 Å². The minimum Gasteiger partial charge on any atom is -0.496 e. The molecule has 0 saturated heterocycles. The molecule has 0 aliphatic carbocycles. The molecule has 1 aliphatic heterocycles. The van der Waals surface area contributed by atoms with Gasteiger partial charge in [0.2, 0.25) is 5.91 Å². The number of hydrogen-bond acceptors (Lipinski definition) is 9. The fraction of sp³-hybridized carbons (Fsp3) is 0.375. The van der Waals surface area contributed by atoms with Crippen molar-refractivity contribution in [3.8, 4) is 5.75 Å². The van der Waals surface area contributed by atoms with E-state index in [0.29, 0.717) is 17.0 Å². The van der Waals surface area contributed by atoms with Crippen LogP contribution in [0.5, 0.6) is 5.75 Å². The Morgan fingerprint density at radius 1 is 1.07 bits per heavy atom. The molecule has 11 heteroatoms. The molecule has 0 spiro atoms. The Hall–Kier alpha value is -4.64. The number of rotatable bonds is 9. The summed E-state index contributed by atoms with van der Waals surface area (Å²) in [5.41, 5.74) is 1.88. The monoisotopic (exact) mass is 590 g/mol. The second-order valence-corrected chi connectivity index (χ2v) is 11.2. The van der Waals surface area contributed by atoms with Crippen LogP contribution >= 0.6 is 0 Å². The van der Waals surface area contributed by atoms with Crippen molar-refractivity contribution in [1.29, 1.82) is 0 Å². The van der Waals surface area contributed by atoms with Crippen molar-refractivity contribution >= 4 is 45.9 Å². The van der Waals surface area contributed by atoms with E-state index < -0.39 is 35.5 Å². The number of esters is 2. The predicted octanol–water partition coefficient (Wildman–Crippen LogP) is 3.40. The number of nitrogens with one attached hydrogen (secondary N) is 3. The van der Waals surface area contributed by atoms with Crippen LogP contribution < -0.4 is 25.6 Å². The number of hydrogen-bond donors (Lipinski definition) is 3. The zero-order valence-electron chi connectivity index (χ0n) is 25.3. The van der Waals surface area contributed by atoms with Crippen LogP contribution in [-0.2, 0) is 30.4 Å². The number of amides is 2. The highest BCUT2D eigenvalue weighted by Gasteiger charge is 2.33. The Kier molecular flexibility index (Phi) is 9.55. The number of anilines is 2. The van der Waals surface area contributed by atoms with Gasteiger partial charge in [0, 0.05) is 12.1 Å². The highest BCUT2D eigenvalue weighted by Crippen LogP contribution is 2.35. The van der Waals surface area contributed by atoms with Crippen LogP contribution in [0.25, 0.3) is 10.8 Å². The molecular formula is C32H38N4O7. The number of benzene rings is 3. The van der Waals surface area contributed by atoms with Gasteiger partial charge < -0.3 is 29.7 Å². The summed E-state index contributed by atoms with van der Waals surface area (Å²) in [5, 5.41) is 10.6. The van der Waals surface area contributed by atoms with Crippen molar-refractivity contribution in [2.75, 3.05) is 37.5 Å². The highest BCUT2D eigenvalue weighted by atomic mass is 16.6. The quantitative estimate of drug-likeness (QED) is 0.321. The molecule has 0 bridgehead atoms. The lowest BCUT2D eigenvalue weighted by atomic mass is 10.00. The zero-order chi connectivity index (χ0) is 31.3. The third-order valence-corrected chi connectivity index (χ3v) is 6.98. The van der Waals surface area contributed by atoms with Crippen molar-refractivity contribution in [3.63, 3.8) is 0 Å². The fourth-order valence-corrected chi connectivity index (χ4v) is 4.88. The van der Waals surface area contributed by atoms with Crippen LogP contribution in [0.15, 0.2) is 54.6 Å². The highest BCUT2D eigenvalue weighted by molar-refractivity contribution is 6.04. The van der Waals surface area contributed by atoms with Gasteiger partial charge in [0.1, 0.15) is 17.4 Å². The fourth-order valence-electron chi connectivity index (χ4n) is 4.88. The van der Waals surface area contributed by atoms with Crippen molar-refractivity contribution in [2.45, 2.75) is 51.9 Å². The van der Waals surface area contributed by atoms with Gasteiger partial charge in [-0.3, -0.25) is 19.7 Å². The summed E-state index contributed by atoms with van der Waals surface area (Å²) in [6.07, 6.45) is 0. The Balaban J connectivity index is 1.61. The van der Waals surface area contributed by atoms with Crippen LogP contribution in [-0.4, -0.2) is 68.7 Å². The van der Waals surface area contributed by atoms with Crippen LogP contribution in [0, 0.1) is 0 Å². The number of ether oxygens (including phenoxy) is 3.